The maximum Gasteiger partial charge on any atom is 0.296 e. The van der Waals surface area contributed by atoms with Crippen molar-refractivity contribution in [3.63, 3.8) is 0 Å². The third-order valence-electron chi connectivity index (χ3n) is 5.67. The number of anilines is 1. The van der Waals surface area contributed by atoms with E-state index >= 15 is 0 Å². The molecule has 9 nitrogen and oxygen atoms in total. The van der Waals surface area contributed by atoms with Gasteiger partial charge in [0.2, 0.25) is 15.8 Å². The minimum Gasteiger partial charge on any atom is -0.450 e. The van der Waals surface area contributed by atoms with E-state index in [-0.39, 0.29) is 33.0 Å². The van der Waals surface area contributed by atoms with E-state index in [1.165, 1.54) is 55.4 Å². The van der Waals surface area contributed by atoms with Crippen LogP contribution in [-0.2, 0) is 10.0 Å². The highest BCUT2D eigenvalue weighted by Crippen LogP contribution is 2.41. The number of sulfonamides is 1. The third kappa shape index (κ3) is 3.24. The molecule has 1 unspecified atom stereocenters. The molecule has 0 spiro atoms. The summed E-state index contributed by atoms with van der Waals surface area (Å²) in [7, 11) is -0.857. The van der Waals surface area contributed by atoms with Gasteiger partial charge in [0.05, 0.1) is 21.9 Å². The summed E-state index contributed by atoms with van der Waals surface area (Å²) in [6.45, 7) is 1.65. The normalized spacial score (nSPS) is 16.0. The monoisotopic (exact) mass is 483 g/mol. The lowest BCUT2D eigenvalue weighted by atomic mass is 9.98. The number of nitrogens with zero attached hydrogens (tertiary/aromatic N) is 3. The van der Waals surface area contributed by atoms with Gasteiger partial charge in [-0.1, -0.05) is 17.3 Å². The molecule has 0 saturated carbocycles. The van der Waals surface area contributed by atoms with Gasteiger partial charge in [-0.15, -0.1) is 0 Å². The predicted octanol–water partition coefficient (Wildman–Crippen LogP) is 3.23. The Bertz CT molecular complexity index is 1620. The molecule has 2 aromatic heterocycles. The van der Waals surface area contributed by atoms with E-state index in [1.54, 1.807) is 6.92 Å². The van der Waals surface area contributed by atoms with Gasteiger partial charge in [0, 0.05) is 20.2 Å². The Kier molecular flexibility index (Phi) is 4.92. The lowest BCUT2D eigenvalue weighted by Crippen LogP contribution is -2.30. The van der Waals surface area contributed by atoms with Crippen LogP contribution in [0.2, 0.25) is 0 Å². The van der Waals surface area contributed by atoms with E-state index in [1.807, 2.05) is 0 Å². The zero-order chi connectivity index (χ0) is 24.4. The number of fused-ring (bicyclic) bond motifs is 2. The van der Waals surface area contributed by atoms with Crippen LogP contribution >= 0.6 is 0 Å². The number of carbonyl (C=O) groups excluding carboxylic acids is 1. The molecule has 0 bridgehead atoms. The fourth-order valence-electron chi connectivity index (χ4n) is 4.00. The van der Waals surface area contributed by atoms with Gasteiger partial charge in [-0.05, 0) is 42.8 Å². The van der Waals surface area contributed by atoms with Gasteiger partial charge in [0.15, 0.2) is 11.2 Å². The number of halogens is 1. The summed E-state index contributed by atoms with van der Waals surface area (Å²) in [4.78, 5) is 28.1. The largest absolute Gasteiger partial charge is 0.450 e. The van der Waals surface area contributed by atoms with Crippen LogP contribution in [-0.4, -0.2) is 37.9 Å². The lowest BCUT2D eigenvalue weighted by Gasteiger charge is -2.22. The molecule has 5 rings (SSSR count). The molecule has 0 saturated heterocycles. The van der Waals surface area contributed by atoms with Crippen LogP contribution in [0, 0.1) is 12.7 Å². The van der Waals surface area contributed by atoms with Crippen molar-refractivity contribution in [2.24, 2.45) is 0 Å². The van der Waals surface area contributed by atoms with Crippen molar-refractivity contribution in [2.75, 3.05) is 19.0 Å². The molecule has 1 aliphatic heterocycles. The van der Waals surface area contributed by atoms with Gasteiger partial charge in [-0.2, -0.15) is 0 Å². The summed E-state index contributed by atoms with van der Waals surface area (Å²) in [5.41, 5.74) is -0.0508. The number of benzene rings is 2. The lowest BCUT2D eigenvalue weighted by molar-refractivity contribution is 0.0969. The summed E-state index contributed by atoms with van der Waals surface area (Å²) < 4.78 is 50.8. The van der Waals surface area contributed by atoms with Crippen molar-refractivity contribution in [3.05, 3.63) is 87.2 Å². The zero-order valence-corrected chi connectivity index (χ0v) is 19.1. The second kappa shape index (κ2) is 7.61. The summed E-state index contributed by atoms with van der Waals surface area (Å²) in [5, 5.41) is 3.91. The molecular formula is C23H18FN3O6S. The highest BCUT2D eigenvalue weighted by Gasteiger charge is 2.45. The SMILES string of the molecule is Cc1cc(N2C(=O)c3oc4ccc(F)cc4c(=O)c3C2c2ccc(S(=O)(=O)N(C)C)cc2)no1. The highest BCUT2D eigenvalue weighted by molar-refractivity contribution is 7.89. The van der Waals surface area contributed by atoms with Crippen molar-refractivity contribution in [1.29, 1.82) is 0 Å². The number of hydrogen-bond acceptors (Lipinski definition) is 7. The highest BCUT2D eigenvalue weighted by atomic mass is 32.2. The van der Waals surface area contributed by atoms with Gasteiger partial charge < -0.3 is 8.94 Å². The van der Waals surface area contributed by atoms with Gasteiger partial charge in [0.25, 0.3) is 5.91 Å². The van der Waals surface area contributed by atoms with Crippen LogP contribution in [0.15, 0.2) is 67.2 Å². The molecule has 3 heterocycles. The van der Waals surface area contributed by atoms with Crippen molar-refractivity contribution in [1.82, 2.24) is 9.46 Å². The maximum atomic E-state index is 13.9. The van der Waals surface area contributed by atoms with Crippen molar-refractivity contribution >= 4 is 32.7 Å². The summed E-state index contributed by atoms with van der Waals surface area (Å²) in [6.07, 6.45) is 0. The van der Waals surface area contributed by atoms with E-state index in [4.69, 9.17) is 8.94 Å². The predicted molar refractivity (Wildman–Crippen MR) is 120 cm³/mol. The van der Waals surface area contributed by atoms with Gasteiger partial charge in [-0.3, -0.25) is 14.5 Å². The second-order valence-electron chi connectivity index (χ2n) is 8.04. The van der Waals surface area contributed by atoms with Gasteiger partial charge in [0.1, 0.15) is 17.2 Å². The standard InChI is InChI=1S/C23H18FN3O6S/c1-12-10-18(25-33-12)27-20(13-4-7-15(8-5-13)34(30,31)26(2)3)19-21(28)16-11-14(24)6-9-17(16)32-22(19)23(27)29/h4-11,20H,1-3H3. The van der Waals surface area contributed by atoms with Crippen LogP contribution in [0.5, 0.6) is 0 Å². The van der Waals surface area contributed by atoms with Crippen molar-refractivity contribution in [3.8, 4) is 0 Å². The topological polar surface area (TPSA) is 114 Å². The summed E-state index contributed by atoms with van der Waals surface area (Å²) in [6, 6.07) is 9.83. The van der Waals surface area contributed by atoms with E-state index in [0.717, 1.165) is 16.4 Å². The Hall–Kier alpha value is -3.83. The summed E-state index contributed by atoms with van der Waals surface area (Å²) in [5.74, 6) is -0.848. The first-order valence-corrected chi connectivity index (χ1v) is 11.6. The second-order valence-corrected chi connectivity index (χ2v) is 10.2. The number of hydrogen-bond donors (Lipinski definition) is 0. The first-order valence-electron chi connectivity index (χ1n) is 10.1. The molecule has 1 atom stereocenters. The smallest absolute Gasteiger partial charge is 0.296 e. The molecule has 0 fully saturated rings. The summed E-state index contributed by atoms with van der Waals surface area (Å²) >= 11 is 0. The van der Waals surface area contributed by atoms with Crippen molar-refractivity contribution < 1.29 is 26.5 Å². The first-order chi connectivity index (χ1) is 16.1. The molecule has 0 radical (unpaired) electrons. The Morgan fingerprint density at radius 2 is 1.76 bits per heavy atom. The van der Waals surface area contributed by atoms with E-state index in [0.29, 0.717) is 11.3 Å². The fourth-order valence-corrected chi connectivity index (χ4v) is 4.90. The average molecular weight is 483 g/mol. The molecular weight excluding hydrogens is 465 g/mol. The maximum absolute atomic E-state index is 13.9. The quantitative estimate of drug-likeness (QED) is 0.438. The van der Waals surface area contributed by atoms with E-state index < -0.39 is 33.2 Å². The van der Waals surface area contributed by atoms with Crippen LogP contribution < -0.4 is 10.3 Å². The molecule has 34 heavy (non-hydrogen) atoms. The van der Waals surface area contributed by atoms with Crippen LogP contribution in [0.1, 0.15) is 33.5 Å². The van der Waals surface area contributed by atoms with Crippen LogP contribution in [0.25, 0.3) is 11.0 Å². The van der Waals surface area contributed by atoms with E-state index in [9.17, 15) is 22.4 Å². The van der Waals surface area contributed by atoms with Gasteiger partial charge >= 0.3 is 0 Å². The fraction of sp³-hybridized carbons (Fsp3) is 0.174. The number of carbonyl (C=O) groups is 1. The molecule has 2 aromatic carbocycles. The Labute approximate surface area is 193 Å². The molecule has 1 aliphatic rings. The Morgan fingerprint density at radius 1 is 1.06 bits per heavy atom. The number of aryl methyl sites for hydroxylation is 1. The molecule has 11 heteroatoms. The number of aromatic nitrogens is 1. The molecule has 4 aromatic rings. The first kappa shape index (κ1) is 22.0. The number of amides is 1. The zero-order valence-electron chi connectivity index (χ0n) is 18.3. The van der Waals surface area contributed by atoms with Crippen LogP contribution in [0.4, 0.5) is 10.2 Å². The molecule has 174 valence electrons. The molecule has 1 amide bonds. The molecule has 0 N–H and O–H groups in total. The van der Waals surface area contributed by atoms with Crippen molar-refractivity contribution in [2.45, 2.75) is 17.9 Å². The molecule has 0 aliphatic carbocycles. The van der Waals surface area contributed by atoms with Crippen LogP contribution in [0.3, 0.4) is 0 Å². The number of rotatable bonds is 4. The Morgan fingerprint density at radius 3 is 2.38 bits per heavy atom. The minimum absolute atomic E-state index is 0.00645. The third-order valence-corrected chi connectivity index (χ3v) is 7.50. The van der Waals surface area contributed by atoms with E-state index in [2.05, 4.69) is 5.16 Å². The minimum atomic E-state index is -3.69. The Balaban J connectivity index is 1.75. The van der Waals surface area contributed by atoms with Gasteiger partial charge in [-0.25, -0.2) is 17.1 Å². The average Bonchev–Trinajstić information content (AvgIpc) is 3.35.